The van der Waals surface area contributed by atoms with E-state index in [-0.39, 0.29) is 19.4 Å². The van der Waals surface area contributed by atoms with E-state index in [0.717, 1.165) is 0 Å². The normalized spacial score (nSPS) is 18.1. The first kappa shape index (κ1) is 15.0. The molecule has 0 aromatic heterocycles. The van der Waals surface area contributed by atoms with Gasteiger partial charge in [0.1, 0.15) is 5.92 Å². The molecule has 0 bridgehead atoms. The Morgan fingerprint density at radius 2 is 1.95 bits per heavy atom. The van der Waals surface area contributed by atoms with Crippen LogP contribution < -0.4 is 10.6 Å². The minimum atomic E-state index is -1.02. The van der Waals surface area contributed by atoms with E-state index in [0.29, 0.717) is 11.3 Å². The summed E-state index contributed by atoms with van der Waals surface area (Å²) >= 11 is 0. The lowest BCUT2D eigenvalue weighted by atomic mass is 10.0. The Balaban J connectivity index is 2.19. The average Bonchev–Trinajstić information content (AvgIpc) is 2.83. The van der Waals surface area contributed by atoms with Gasteiger partial charge < -0.3 is 20.8 Å². The fourth-order valence-corrected chi connectivity index (χ4v) is 2.43. The van der Waals surface area contributed by atoms with Crippen molar-refractivity contribution in [2.45, 2.75) is 24.8 Å². The number of rotatable bonds is 5. The summed E-state index contributed by atoms with van der Waals surface area (Å²) in [5.74, 6) is -3.26. The molecule has 1 aliphatic rings. The summed E-state index contributed by atoms with van der Waals surface area (Å²) < 4.78 is 0. The van der Waals surface area contributed by atoms with Gasteiger partial charge >= 0.3 is 11.9 Å². The molecule has 2 atom stereocenters. The zero-order valence-corrected chi connectivity index (χ0v) is 11.2. The van der Waals surface area contributed by atoms with Gasteiger partial charge in [-0.15, -0.1) is 0 Å². The number of carboxylic acids is 2. The Hall–Kier alpha value is -2.41. The van der Waals surface area contributed by atoms with Crippen LogP contribution in [0.4, 0.5) is 5.69 Å². The van der Waals surface area contributed by atoms with Crippen molar-refractivity contribution in [2.24, 2.45) is 5.73 Å². The number of aliphatic carboxylic acids is 2. The summed E-state index contributed by atoms with van der Waals surface area (Å²) in [6.07, 6.45) is -0.185. The van der Waals surface area contributed by atoms with Gasteiger partial charge in [0.25, 0.3) is 0 Å². The van der Waals surface area contributed by atoms with Crippen LogP contribution in [0, 0.1) is 0 Å². The minimum Gasteiger partial charge on any atom is -0.481 e. The number of nitrogens with zero attached hydrogens (tertiary/aromatic N) is 1. The van der Waals surface area contributed by atoms with Crippen LogP contribution in [-0.4, -0.2) is 40.6 Å². The van der Waals surface area contributed by atoms with Crippen LogP contribution >= 0.6 is 0 Å². The molecule has 1 heterocycles. The molecule has 2 rings (SSSR count). The quantitative estimate of drug-likeness (QED) is 0.722. The molecule has 7 heteroatoms. The molecule has 1 aliphatic heterocycles. The zero-order chi connectivity index (χ0) is 15.6. The first-order valence-electron chi connectivity index (χ1n) is 6.52. The molecule has 1 aromatic carbocycles. The Labute approximate surface area is 121 Å². The predicted molar refractivity (Wildman–Crippen MR) is 74.0 cm³/mol. The summed E-state index contributed by atoms with van der Waals surface area (Å²) in [7, 11) is 0. The maximum absolute atomic E-state index is 12.3. The molecule has 4 N–H and O–H groups in total. The monoisotopic (exact) mass is 292 g/mol. The topological polar surface area (TPSA) is 121 Å². The van der Waals surface area contributed by atoms with Gasteiger partial charge in [-0.05, 0) is 18.1 Å². The molecular weight excluding hydrogens is 276 g/mol. The van der Waals surface area contributed by atoms with Crippen molar-refractivity contribution in [3.8, 4) is 0 Å². The second-order valence-electron chi connectivity index (χ2n) is 4.94. The number of benzene rings is 1. The highest BCUT2D eigenvalue weighted by molar-refractivity contribution is 6.01. The van der Waals surface area contributed by atoms with Crippen LogP contribution in [0.15, 0.2) is 24.3 Å². The largest absolute Gasteiger partial charge is 0.481 e. The van der Waals surface area contributed by atoms with Gasteiger partial charge in [0.2, 0.25) is 5.91 Å². The SMILES string of the molecule is NC(CCC(=O)O)C(=O)N1CC(C(=O)O)c2ccccc21. The summed E-state index contributed by atoms with van der Waals surface area (Å²) in [5, 5.41) is 17.9. The fourth-order valence-electron chi connectivity index (χ4n) is 2.43. The van der Waals surface area contributed by atoms with Crippen molar-refractivity contribution >= 4 is 23.5 Å². The Morgan fingerprint density at radius 3 is 2.57 bits per heavy atom. The third-order valence-corrected chi connectivity index (χ3v) is 3.52. The van der Waals surface area contributed by atoms with E-state index < -0.39 is 29.8 Å². The zero-order valence-electron chi connectivity index (χ0n) is 11.2. The van der Waals surface area contributed by atoms with Crippen LogP contribution in [-0.2, 0) is 14.4 Å². The molecule has 0 fully saturated rings. The molecule has 21 heavy (non-hydrogen) atoms. The highest BCUT2D eigenvalue weighted by Gasteiger charge is 2.37. The molecule has 0 aliphatic carbocycles. The maximum atomic E-state index is 12.3. The van der Waals surface area contributed by atoms with E-state index in [9.17, 15) is 19.5 Å². The lowest BCUT2D eigenvalue weighted by molar-refractivity contribution is -0.138. The van der Waals surface area contributed by atoms with E-state index in [1.807, 2.05) is 0 Å². The number of anilines is 1. The summed E-state index contributed by atoms with van der Waals surface area (Å²) in [6, 6.07) is 5.81. The van der Waals surface area contributed by atoms with Gasteiger partial charge in [0.05, 0.1) is 6.04 Å². The van der Waals surface area contributed by atoms with E-state index in [4.69, 9.17) is 10.8 Å². The lowest BCUT2D eigenvalue weighted by Gasteiger charge is -2.21. The van der Waals surface area contributed by atoms with E-state index in [2.05, 4.69) is 0 Å². The number of carbonyl (C=O) groups excluding carboxylic acids is 1. The number of nitrogens with two attached hydrogens (primary N) is 1. The Bertz CT molecular complexity index is 586. The highest BCUT2D eigenvalue weighted by atomic mass is 16.4. The molecule has 0 spiro atoms. The molecule has 112 valence electrons. The average molecular weight is 292 g/mol. The first-order chi connectivity index (χ1) is 9.91. The summed E-state index contributed by atoms with van der Waals surface area (Å²) in [4.78, 5) is 35.4. The van der Waals surface area contributed by atoms with E-state index in [1.165, 1.54) is 4.90 Å². The Morgan fingerprint density at radius 1 is 1.29 bits per heavy atom. The van der Waals surface area contributed by atoms with Crippen LogP contribution in [0.1, 0.15) is 24.3 Å². The molecule has 1 amide bonds. The predicted octanol–water partition coefficient (Wildman–Crippen LogP) is 0.394. The number of para-hydroxylation sites is 1. The second-order valence-corrected chi connectivity index (χ2v) is 4.94. The number of hydrogen-bond donors (Lipinski definition) is 3. The van der Waals surface area contributed by atoms with Gasteiger partial charge in [-0.2, -0.15) is 0 Å². The molecule has 7 nitrogen and oxygen atoms in total. The number of hydrogen-bond acceptors (Lipinski definition) is 4. The van der Waals surface area contributed by atoms with Gasteiger partial charge in [-0.1, -0.05) is 18.2 Å². The van der Waals surface area contributed by atoms with Crippen molar-refractivity contribution in [2.75, 3.05) is 11.4 Å². The number of fused-ring (bicyclic) bond motifs is 1. The van der Waals surface area contributed by atoms with Gasteiger partial charge in [0.15, 0.2) is 0 Å². The second kappa shape index (κ2) is 5.92. The highest BCUT2D eigenvalue weighted by Crippen LogP contribution is 2.36. The van der Waals surface area contributed by atoms with Gasteiger partial charge in [0, 0.05) is 18.7 Å². The number of amides is 1. The minimum absolute atomic E-state index is 0.0184. The molecule has 2 unspecified atom stereocenters. The van der Waals surface area contributed by atoms with Crippen LogP contribution in [0.25, 0.3) is 0 Å². The standard InChI is InChI=1S/C14H16N2O5/c15-10(5-6-12(17)18)13(19)16-7-9(14(20)21)8-3-1-2-4-11(8)16/h1-4,9-10H,5-7,15H2,(H,17,18)(H,20,21). The summed E-state index contributed by atoms with van der Waals surface area (Å²) in [6.45, 7) is 0.0221. The molecule has 0 saturated carbocycles. The van der Waals surface area contributed by atoms with Gasteiger partial charge in [-0.25, -0.2) is 0 Å². The number of carbonyl (C=O) groups is 3. The molecule has 0 radical (unpaired) electrons. The van der Waals surface area contributed by atoms with Crippen LogP contribution in [0.3, 0.4) is 0 Å². The first-order valence-corrected chi connectivity index (χ1v) is 6.52. The van der Waals surface area contributed by atoms with Crippen molar-refractivity contribution in [3.05, 3.63) is 29.8 Å². The van der Waals surface area contributed by atoms with Gasteiger partial charge in [-0.3, -0.25) is 14.4 Å². The van der Waals surface area contributed by atoms with Crippen molar-refractivity contribution in [1.82, 2.24) is 0 Å². The van der Waals surface area contributed by atoms with Crippen molar-refractivity contribution in [3.63, 3.8) is 0 Å². The van der Waals surface area contributed by atoms with Crippen molar-refractivity contribution < 1.29 is 24.6 Å². The third kappa shape index (κ3) is 3.03. The van der Waals surface area contributed by atoms with Crippen molar-refractivity contribution in [1.29, 1.82) is 0 Å². The van der Waals surface area contributed by atoms with E-state index >= 15 is 0 Å². The third-order valence-electron chi connectivity index (χ3n) is 3.52. The summed E-state index contributed by atoms with van der Waals surface area (Å²) in [5.41, 5.74) is 6.82. The number of carboxylic acid groups (broad SMARTS) is 2. The molecule has 1 aromatic rings. The molecule has 0 saturated heterocycles. The molecular formula is C14H16N2O5. The van der Waals surface area contributed by atoms with Crippen LogP contribution in [0.5, 0.6) is 0 Å². The maximum Gasteiger partial charge on any atom is 0.312 e. The smallest absolute Gasteiger partial charge is 0.312 e. The lowest BCUT2D eigenvalue weighted by Crippen LogP contribution is -2.44. The van der Waals surface area contributed by atoms with E-state index in [1.54, 1.807) is 24.3 Å². The Kier molecular flexibility index (Phi) is 4.23. The van der Waals surface area contributed by atoms with Crippen LogP contribution in [0.2, 0.25) is 0 Å². The fraction of sp³-hybridized carbons (Fsp3) is 0.357.